The minimum Gasteiger partial charge on any atom is -0.382 e. The lowest BCUT2D eigenvalue weighted by Crippen LogP contribution is -2.34. The van der Waals surface area contributed by atoms with Gasteiger partial charge >= 0.3 is 0 Å². The van der Waals surface area contributed by atoms with Crippen LogP contribution < -0.4 is 21.8 Å². The molecule has 1 saturated carbocycles. The van der Waals surface area contributed by atoms with Crippen LogP contribution in [0.5, 0.6) is 0 Å². The van der Waals surface area contributed by atoms with Gasteiger partial charge in [0.15, 0.2) is 0 Å². The predicted molar refractivity (Wildman–Crippen MR) is 163 cm³/mol. The van der Waals surface area contributed by atoms with Gasteiger partial charge in [-0.2, -0.15) is 0 Å². The van der Waals surface area contributed by atoms with Crippen LogP contribution in [0.3, 0.4) is 0 Å². The second-order valence-corrected chi connectivity index (χ2v) is 11.7. The zero-order valence-electron chi connectivity index (χ0n) is 20.4. The van der Waals surface area contributed by atoms with E-state index in [1.807, 2.05) is 37.3 Å². The molecule has 1 amide bonds. The Morgan fingerprint density at radius 2 is 1.70 bits per heavy atom. The third-order valence-corrected chi connectivity index (χ3v) is 8.00. The van der Waals surface area contributed by atoms with Crippen LogP contribution in [0.15, 0.2) is 56.5 Å². The minimum atomic E-state index is -0.160. The molecule has 4 N–H and O–H groups in total. The van der Waals surface area contributed by atoms with E-state index in [4.69, 9.17) is 11.6 Å². The molecule has 5 rings (SSSR count). The Morgan fingerprint density at radius 3 is 2.41 bits per heavy atom. The molecular formula is C27H27BrClIN4O3. The Bertz CT molecular complexity index is 1580. The number of nitrogens with one attached hydrogen (secondary N) is 4. The first-order valence-electron chi connectivity index (χ1n) is 11.9. The van der Waals surface area contributed by atoms with Gasteiger partial charge in [0.2, 0.25) is 17.0 Å². The highest BCUT2D eigenvalue weighted by atomic mass is 127. The molecule has 0 unspecified atom stereocenters. The van der Waals surface area contributed by atoms with Gasteiger partial charge < -0.3 is 20.6 Å². The van der Waals surface area contributed by atoms with Gasteiger partial charge in [0.25, 0.3) is 0 Å². The summed E-state index contributed by atoms with van der Waals surface area (Å²) in [6, 6.07) is 13.1. The summed E-state index contributed by atoms with van der Waals surface area (Å²) in [5, 5.41) is 8.62. The number of hydrogen-bond acceptors (Lipinski definition) is 4. The maximum Gasteiger partial charge on any atom is 0.250 e. The molecule has 1 fully saturated rings. The summed E-state index contributed by atoms with van der Waals surface area (Å²) in [7, 11) is 1.69. The number of carbonyl (C=O) groups excluding carboxylic acids is 1. The summed E-state index contributed by atoms with van der Waals surface area (Å²) >= 11 is 11.7. The molecular weight excluding hydrogens is 671 g/mol. The van der Waals surface area contributed by atoms with E-state index in [0.29, 0.717) is 11.1 Å². The fourth-order valence-corrected chi connectivity index (χ4v) is 6.11. The van der Waals surface area contributed by atoms with Crippen LogP contribution in [0.25, 0.3) is 21.8 Å². The number of aromatic nitrogens is 2. The third-order valence-electron chi connectivity index (χ3n) is 6.57. The van der Waals surface area contributed by atoms with Crippen molar-refractivity contribution in [3.05, 3.63) is 81.8 Å². The fourth-order valence-electron chi connectivity index (χ4n) is 4.72. The second-order valence-electron chi connectivity index (χ2n) is 9.17. The monoisotopic (exact) mass is 696 g/mol. The molecule has 2 aromatic heterocycles. The van der Waals surface area contributed by atoms with Gasteiger partial charge in [-0.1, -0.05) is 27.5 Å². The number of halogens is 3. The van der Waals surface area contributed by atoms with Gasteiger partial charge in [-0.15, -0.1) is 0 Å². The smallest absolute Gasteiger partial charge is 0.250 e. The maximum atomic E-state index is 11.9. The Labute approximate surface area is 241 Å². The number of carbonyl (C=O) groups is 1. The number of pyridine rings is 2. The van der Waals surface area contributed by atoms with Gasteiger partial charge in [0, 0.05) is 55.6 Å². The van der Waals surface area contributed by atoms with E-state index < -0.39 is 0 Å². The normalized spacial score (nSPS) is 17.2. The molecule has 0 radical (unpaired) electrons. The maximum absolute atomic E-state index is 11.9. The van der Waals surface area contributed by atoms with Crippen LogP contribution in [0.4, 0.5) is 5.69 Å². The number of aryl methyl sites for hydroxylation is 1. The number of H-pyrrole nitrogens is 2. The van der Waals surface area contributed by atoms with Crippen molar-refractivity contribution in [2.24, 2.45) is 5.92 Å². The van der Waals surface area contributed by atoms with E-state index in [2.05, 4.69) is 59.1 Å². The number of amides is 1. The highest BCUT2D eigenvalue weighted by Crippen LogP contribution is 2.30. The van der Waals surface area contributed by atoms with Crippen LogP contribution in [0.2, 0.25) is 5.02 Å². The lowest BCUT2D eigenvalue weighted by molar-refractivity contribution is -0.125. The molecule has 194 valence electrons. The Balaban J connectivity index is 0.000000195. The zero-order valence-corrected chi connectivity index (χ0v) is 24.9. The molecule has 0 spiro atoms. The third kappa shape index (κ3) is 6.74. The predicted octanol–water partition coefficient (Wildman–Crippen LogP) is 6.10. The molecule has 10 heteroatoms. The molecule has 0 bridgehead atoms. The summed E-state index contributed by atoms with van der Waals surface area (Å²) in [5.41, 5.74) is 3.26. The topological polar surface area (TPSA) is 107 Å². The first kappa shape index (κ1) is 27.7. The Hall–Kier alpha value is -2.37. The van der Waals surface area contributed by atoms with Crippen molar-refractivity contribution in [3.8, 4) is 0 Å². The van der Waals surface area contributed by atoms with Crippen LogP contribution in [0, 0.1) is 16.4 Å². The molecule has 1 aliphatic rings. The van der Waals surface area contributed by atoms with Crippen molar-refractivity contribution in [1.82, 2.24) is 15.3 Å². The summed E-state index contributed by atoms with van der Waals surface area (Å²) in [5.74, 6) is 0.247. The number of benzene rings is 2. The number of anilines is 1. The average molecular weight is 698 g/mol. The van der Waals surface area contributed by atoms with E-state index in [1.54, 1.807) is 13.1 Å². The lowest BCUT2D eigenvalue weighted by atomic mass is 9.85. The molecule has 37 heavy (non-hydrogen) atoms. The van der Waals surface area contributed by atoms with Crippen molar-refractivity contribution in [3.63, 3.8) is 0 Å². The standard InChI is InChI=1S/C17H20BrN3O2.C10H7ClINO/c1-19-17(23)10-2-5-12(6-3-10)20-15-9-16(22)21-14-7-4-11(18)8-13(14)15;1-5-2-6(12)3-7-8(11)4-9(14)13-10(5)7/h4,7-10,12H,2-3,5-6H2,1H3,(H,19,23)(H2,20,21,22);2-4H,1H3,(H,13,14). The van der Waals surface area contributed by atoms with E-state index in [0.717, 1.165) is 66.8 Å². The van der Waals surface area contributed by atoms with Crippen molar-refractivity contribution in [2.45, 2.75) is 38.6 Å². The molecule has 1 aliphatic carbocycles. The summed E-state index contributed by atoms with van der Waals surface area (Å²) < 4.78 is 2.09. The summed E-state index contributed by atoms with van der Waals surface area (Å²) in [4.78, 5) is 40.4. The van der Waals surface area contributed by atoms with Gasteiger partial charge in [-0.05, 0) is 91.1 Å². The quantitative estimate of drug-likeness (QED) is 0.194. The molecule has 0 saturated heterocycles. The Morgan fingerprint density at radius 1 is 1.00 bits per heavy atom. The van der Waals surface area contributed by atoms with Crippen molar-refractivity contribution >= 4 is 83.5 Å². The van der Waals surface area contributed by atoms with Gasteiger partial charge in [0.05, 0.1) is 16.1 Å². The van der Waals surface area contributed by atoms with E-state index in [-0.39, 0.29) is 22.9 Å². The molecule has 4 aromatic rings. The van der Waals surface area contributed by atoms with Crippen LogP contribution in [0.1, 0.15) is 31.2 Å². The molecule has 2 aromatic carbocycles. The molecule has 7 nitrogen and oxygen atoms in total. The SMILES string of the molecule is CNC(=O)C1CCC(Nc2cc(=O)[nH]c3ccc(Br)cc23)CC1.Cc1cc(I)cc2c(Cl)cc(=O)[nH]c12. The van der Waals surface area contributed by atoms with Gasteiger partial charge in [-0.25, -0.2) is 0 Å². The van der Waals surface area contributed by atoms with E-state index in [9.17, 15) is 14.4 Å². The summed E-state index contributed by atoms with van der Waals surface area (Å²) in [6.45, 7) is 1.96. The highest BCUT2D eigenvalue weighted by Gasteiger charge is 2.25. The van der Waals surface area contributed by atoms with Crippen LogP contribution >= 0.6 is 50.1 Å². The van der Waals surface area contributed by atoms with Crippen LogP contribution in [-0.4, -0.2) is 29.0 Å². The lowest BCUT2D eigenvalue weighted by Gasteiger charge is -2.29. The fraction of sp³-hybridized carbons (Fsp3) is 0.296. The van der Waals surface area contributed by atoms with Gasteiger partial charge in [-0.3, -0.25) is 14.4 Å². The van der Waals surface area contributed by atoms with Crippen LogP contribution in [-0.2, 0) is 4.79 Å². The highest BCUT2D eigenvalue weighted by molar-refractivity contribution is 14.1. The van der Waals surface area contributed by atoms with E-state index in [1.165, 1.54) is 6.07 Å². The molecule has 0 aliphatic heterocycles. The van der Waals surface area contributed by atoms with Gasteiger partial charge in [0.1, 0.15) is 0 Å². The van der Waals surface area contributed by atoms with Crippen molar-refractivity contribution < 1.29 is 4.79 Å². The molecule has 0 atom stereocenters. The number of rotatable bonds is 3. The first-order valence-corrected chi connectivity index (χ1v) is 14.2. The number of aromatic amines is 2. The van der Waals surface area contributed by atoms with Crippen molar-refractivity contribution in [2.75, 3.05) is 12.4 Å². The second kappa shape index (κ2) is 12.0. The summed E-state index contributed by atoms with van der Waals surface area (Å²) in [6.07, 6.45) is 3.62. The van der Waals surface area contributed by atoms with Crippen molar-refractivity contribution in [1.29, 1.82) is 0 Å². The zero-order chi connectivity index (χ0) is 26.7. The largest absolute Gasteiger partial charge is 0.382 e. The first-order chi connectivity index (χ1) is 17.6. The molecule has 2 heterocycles. The Kier molecular flexibility index (Phi) is 8.97. The average Bonchev–Trinajstić information content (AvgIpc) is 2.85. The minimum absolute atomic E-state index is 0.110. The number of fused-ring (bicyclic) bond motifs is 2. The van der Waals surface area contributed by atoms with E-state index >= 15 is 0 Å². The number of hydrogen-bond donors (Lipinski definition) is 4.